The van der Waals surface area contributed by atoms with E-state index in [4.69, 9.17) is 9.47 Å². The second-order valence-electron chi connectivity index (χ2n) is 5.42. The fourth-order valence-corrected chi connectivity index (χ4v) is 2.12. The molecular weight excluding hydrogens is 374 g/mol. The van der Waals surface area contributed by atoms with Gasteiger partial charge in [-0.15, -0.1) is 12.4 Å². The van der Waals surface area contributed by atoms with Gasteiger partial charge in [-0.2, -0.15) is 5.10 Å². The molecular formula is C17H24ClN5O4. The summed E-state index contributed by atoms with van der Waals surface area (Å²) in [5.41, 5.74) is 1.19. The van der Waals surface area contributed by atoms with Gasteiger partial charge < -0.3 is 25.4 Å². The number of methoxy groups -OCH3 is 2. The van der Waals surface area contributed by atoms with Crippen LogP contribution in [0.5, 0.6) is 5.75 Å². The van der Waals surface area contributed by atoms with Gasteiger partial charge in [0.25, 0.3) is 0 Å². The molecule has 0 radical (unpaired) electrons. The van der Waals surface area contributed by atoms with Crippen molar-refractivity contribution in [2.24, 2.45) is 0 Å². The van der Waals surface area contributed by atoms with Gasteiger partial charge >= 0.3 is 0 Å². The van der Waals surface area contributed by atoms with E-state index < -0.39 is 0 Å². The summed E-state index contributed by atoms with van der Waals surface area (Å²) < 4.78 is 11.4. The van der Waals surface area contributed by atoms with Gasteiger partial charge in [-0.25, -0.2) is 0 Å². The SMILES string of the molecule is COCCNCC(=O)Nc1cnn(CC(=O)Nc2ccc(OC)cc2)c1.Cl. The molecule has 1 aromatic carbocycles. The first kappa shape index (κ1) is 22.4. The number of hydrogen-bond acceptors (Lipinski definition) is 6. The van der Waals surface area contributed by atoms with Gasteiger partial charge in [0.1, 0.15) is 12.3 Å². The number of rotatable bonds is 10. The van der Waals surface area contributed by atoms with Gasteiger partial charge in [-0.3, -0.25) is 14.3 Å². The summed E-state index contributed by atoms with van der Waals surface area (Å²) in [6.45, 7) is 1.34. The minimum absolute atomic E-state index is 0. The largest absolute Gasteiger partial charge is 0.497 e. The van der Waals surface area contributed by atoms with Crippen LogP contribution in [0.3, 0.4) is 0 Å². The van der Waals surface area contributed by atoms with E-state index in [2.05, 4.69) is 21.0 Å². The quantitative estimate of drug-likeness (QED) is 0.519. The van der Waals surface area contributed by atoms with Crippen LogP contribution in [-0.4, -0.2) is 55.5 Å². The van der Waals surface area contributed by atoms with Crippen molar-refractivity contribution >= 4 is 35.6 Å². The van der Waals surface area contributed by atoms with Crippen LogP contribution in [-0.2, 0) is 20.9 Å². The lowest BCUT2D eigenvalue weighted by Gasteiger charge is -2.06. The van der Waals surface area contributed by atoms with Gasteiger partial charge in [-0.05, 0) is 24.3 Å². The second kappa shape index (κ2) is 11.9. The maximum atomic E-state index is 12.1. The van der Waals surface area contributed by atoms with Crippen LogP contribution in [0.4, 0.5) is 11.4 Å². The maximum absolute atomic E-state index is 12.1. The van der Waals surface area contributed by atoms with Crippen LogP contribution in [0.25, 0.3) is 0 Å². The number of nitrogens with zero attached hydrogens (tertiary/aromatic N) is 2. The van der Waals surface area contributed by atoms with Crippen molar-refractivity contribution in [2.45, 2.75) is 6.54 Å². The van der Waals surface area contributed by atoms with Crippen LogP contribution >= 0.6 is 12.4 Å². The summed E-state index contributed by atoms with van der Waals surface area (Å²) in [6.07, 6.45) is 3.09. The topological polar surface area (TPSA) is 107 Å². The van der Waals surface area contributed by atoms with E-state index in [-0.39, 0.29) is 37.3 Å². The number of anilines is 2. The Morgan fingerprint density at radius 3 is 2.44 bits per heavy atom. The van der Waals surface area contributed by atoms with Gasteiger partial charge in [0.2, 0.25) is 11.8 Å². The normalized spacial score (nSPS) is 10.0. The first-order valence-electron chi connectivity index (χ1n) is 8.06. The van der Waals surface area contributed by atoms with Crippen molar-refractivity contribution < 1.29 is 19.1 Å². The minimum atomic E-state index is -0.225. The van der Waals surface area contributed by atoms with Gasteiger partial charge in [0, 0.05) is 25.5 Å². The molecule has 0 saturated carbocycles. The van der Waals surface area contributed by atoms with E-state index in [1.807, 2.05) is 0 Å². The molecule has 0 atom stereocenters. The van der Waals surface area contributed by atoms with Gasteiger partial charge in [0.05, 0.1) is 32.1 Å². The van der Waals surface area contributed by atoms with E-state index >= 15 is 0 Å². The molecule has 1 heterocycles. The Morgan fingerprint density at radius 1 is 1.07 bits per heavy atom. The molecule has 0 unspecified atom stereocenters. The third kappa shape index (κ3) is 8.07. The molecule has 0 aliphatic carbocycles. The standard InChI is InChI=1S/C17H23N5O4.ClH/c1-25-8-7-18-10-16(23)21-14-9-19-22(11-14)12-17(24)20-13-3-5-15(26-2)6-4-13;/h3-6,9,11,18H,7-8,10,12H2,1-2H3,(H,20,24)(H,21,23);1H. The number of benzene rings is 1. The molecule has 148 valence electrons. The number of nitrogens with one attached hydrogen (secondary N) is 3. The monoisotopic (exact) mass is 397 g/mol. The lowest BCUT2D eigenvalue weighted by molar-refractivity contribution is -0.117. The van der Waals surface area contributed by atoms with Crippen molar-refractivity contribution in [1.82, 2.24) is 15.1 Å². The zero-order valence-corrected chi connectivity index (χ0v) is 16.0. The van der Waals surface area contributed by atoms with Crippen LogP contribution in [0.15, 0.2) is 36.7 Å². The summed E-state index contributed by atoms with van der Waals surface area (Å²) in [7, 11) is 3.18. The number of carbonyl (C=O) groups excluding carboxylic acids is 2. The van der Waals surface area contributed by atoms with Crippen LogP contribution in [0.2, 0.25) is 0 Å². The summed E-state index contributed by atoms with van der Waals surface area (Å²) in [4.78, 5) is 23.8. The first-order chi connectivity index (χ1) is 12.6. The average molecular weight is 398 g/mol. The van der Waals surface area contributed by atoms with E-state index in [0.717, 1.165) is 0 Å². The molecule has 3 N–H and O–H groups in total. The fraction of sp³-hybridized carbons (Fsp3) is 0.353. The molecule has 0 fully saturated rings. The number of amides is 2. The highest BCUT2D eigenvalue weighted by Gasteiger charge is 2.08. The number of hydrogen-bond donors (Lipinski definition) is 3. The van der Waals surface area contributed by atoms with Crippen molar-refractivity contribution in [2.75, 3.05) is 44.5 Å². The summed E-state index contributed by atoms with van der Waals surface area (Å²) >= 11 is 0. The van der Waals surface area contributed by atoms with Gasteiger partial charge in [0.15, 0.2) is 0 Å². The highest BCUT2D eigenvalue weighted by Crippen LogP contribution is 2.15. The predicted octanol–water partition coefficient (Wildman–Crippen LogP) is 1.13. The number of halogens is 1. The van der Waals surface area contributed by atoms with E-state index in [1.54, 1.807) is 44.7 Å². The maximum Gasteiger partial charge on any atom is 0.246 e. The molecule has 2 rings (SSSR count). The summed E-state index contributed by atoms with van der Waals surface area (Å²) in [5.74, 6) is 0.299. The summed E-state index contributed by atoms with van der Waals surface area (Å²) in [5, 5.41) is 12.5. The highest BCUT2D eigenvalue weighted by molar-refractivity contribution is 5.92. The van der Waals surface area contributed by atoms with Crippen LogP contribution in [0, 0.1) is 0 Å². The van der Waals surface area contributed by atoms with Gasteiger partial charge in [-0.1, -0.05) is 0 Å². The third-order valence-corrected chi connectivity index (χ3v) is 3.36. The molecule has 2 amide bonds. The summed E-state index contributed by atoms with van der Waals surface area (Å²) in [6, 6.07) is 7.03. The number of aromatic nitrogens is 2. The molecule has 0 bridgehead atoms. The molecule has 0 aliphatic heterocycles. The van der Waals surface area contributed by atoms with Crippen molar-refractivity contribution in [3.05, 3.63) is 36.7 Å². The minimum Gasteiger partial charge on any atom is -0.497 e. The zero-order valence-electron chi connectivity index (χ0n) is 15.2. The molecule has 2 aromatic rings. The Hall–Kier alpha value is -2.62. The van der Waals surface area contributed by atoms with Crippen molar-refractivity contribution in [3.63, 3.8) is 0 Å². The van der Waals surface area contributed by atoms with E-state index in [9.17, 15) is 9.59 Å². The van der Waals surface area contributed by atoms with E-state index in [1.165, 1.54) is 10.9 Å². The lowest BCUT2D eigenvalue weighted by Crippen LogP contribution is -2.30. The highest BCUT2D eigenvalue weighted by atomic mass is 35.5. The Balaban J connectivity index is 0.00000364. The molecule has 0 spiro atoms. The van der Waals surface area contributed by atoms with Crippen molar-refractivity contribution in [1.29, 1.82) is 0 Å². The molecule has 9 nitrogen and oxygen atoms in total. The van der Waals surface area contributed by atoms with Crippen molar-refractivity contribution in [3.8, 4) is 5.75 Å². The Labute approximate surface area is 163 Å². The Kier molecular flexibility index (Phi) is 9.88. The third-order valence-electron chi connectivity index (χ3n) is 3.36. The van der Waals surface area contributed by atoms with Crippen LogP contribution in [0.1, 0.15) is 0 Å². The molecule has 0 aliphatic rings. The number of ether oxygens (including phenoxy) is 2. The van der Waals surface area contributed by atoms with E-state index in [0.29, 0.717) is 30.3 Å². The van der Waals surface area contributed by atoms with Crippen LogP contribution < -0.4 is 20.7 Å². The fourth-order valence-electron chi connectivity index (χ4n) is 2.12. The molecule has 27 heavy (non-hydrogen) atoms. The Morgan fingerprint density at radius 2 is 1.78 bits per heavy atom. The number of carbonyl (C=O) groups is 2. The second-order valence-corrected chi connectivity index (χ2v) is 5.42. The molecule has 0 saturated heterocycles. The average Bonchev–Trinajstić information content (AvgIpc) is 3.06. The zero-order chi connectivity index (χ0) is 18.8. The molecule has 1 aromatic heterocycles. The first-order valence-corrected chi connectivity index (χ1v) is 8.06. The lowest BCUT2D eigenvalue weighted by atomic mass is 10.3. The predicted molar refractivity (Wildman–Crippen MR) is 104 cm³/mol. The smallest absolute Gasteiger partial charge is 0.246 e. The molecule has 10 heteroatoms. The Bertz CT molecular complexity index is 720.